The molecule has 0 unspecified atom stereocenters. The van der Waals surface area contributed by atoms with Crippen LogP contribution >= 0.6 is 0 Å². The smallest absolute Gasteiger partial charge is 0.166 e. The van der Waals surface area contributed by atoms with E-state index < -0.39 is 0 Å². The zero-order valence-corrected chi connectivity index (χ0v) is 27.4. The molecule has 0 fully saturated rings. The fourth-order valence-corrected chi connectivity index (χ4v) is 7.23. The highest BCUT2D eigenvalue weighted by Gasteiger charge is 2.20. The summed E-state index contributed by atoms with van der Waals surface area (Å²) < 4.78 is 6.24. The van der Waals surface area contributed by atoms with Gasteiger partial charge in [-0.2, -0.15) is 0 Å². The van der Waals surface area contributed by atoms with Gasteiger partial charge in [-0.05, 0) is 69.4 Å². The summed E-state index contributed by atoms with van der Waals surface area (Å²) in [6.07, 6.45) is 1.89. The number of furan rings is 1. The third kappa shape index (κ3) is 4.94. The number of para-hydroxylation sites is 2. The Kier molecular flexibility index (Phi) is 6.74. The predicted octanol–water partition coefficient (Wildman–Crippen LogP) is 11.8. The SMILES string of the molecule is c1ccc(-c2nc(-c3cccc4c(-c5cc(-c6ccccc6)c6ccccc6c5)ccnc34)nc(-c3cccc4oc5ccccc5c34)n2)cc1. The van der Waals surface area contributed by atoms with Crippen LogP contribution in [0.4, 0.5) is 0 Å². The minimum Gasteiger partial charge on any atom is -0.456 e. The van der Waals surface area contributed by atoms with Crippen molar-refractivity contribution in [1.29, 1.82) is 0 Å². The number of pyridine rings is 1. The maximum atomic E-state index is 6.24. The van der Waals surface area contributed by atoms with E-state index >= 15 is 0 Å². The van der Waals surface area contributed by atoms with Crippen molar-refractivity contribution in [2.45, 2.75) is 0 Å². The normalized spacial score (nSPS) is 11.5. The van der Waals surface area contributed by atoms with Gasteiger partial charge in [0, 0.05) is 39.0 Å². The zero-order chi connectivity index (χ0) is 33.7. The zero-order valence-electron chi connectivity index (χ0n) is 27.4. The molecule has 3 heterocycles. The average Bonchev–Trinajstić information content (AvgIpc) is 3.59. The molecule has 0 amide bonds. The lowest BCUT2D eigenvalue weighted by molar-refractivity contribution is 0.669. The highest BCUT2D eigenvalue weighted by Crippen LogP contribution is 2.40. The molecule has 51 heavy (non-hydrogen) atoms. The molecular formula is C46H28N4O. The largest absolute Gasteiger partial charge is 0.456 e. The van der Waals surface area contributed by atoms with Crippen LogP contribution in [-0.2, 0) is 0 Å². The Hall–Kier alpha value is -6.98. The minimum atomic E-state index is 0.558. The van der Waals surface area contributed by atoms with Crippen molar-refractivity contribution in [2.75, 3.05) is 0 Å². The first-order valence-corrected chi connectivity index (χ1v) is 17.0. The van der Waals surface area contributed by atoms with Crippen molar-refractivity contribution in [3.63, 3.8) is 0 Å². The third-order valence-corrected chi connectivity index (χ3v) is 9.58. The second-order valence-electron chi connectivity index (χ2n) is 12.6. The standard InChI is InChI=1S/C46H28N4O/c1-3-13-29(14-4-1)39-28-32(27-31-17-7-8-18-33(31)39)34-25-26-47-43-35(34)20-11-22-38(43)46-49-44(30-15-5-2-6-16-30)48-45(50-46)37-21-12-24-41-42(37)36-19-9-10-23-40(36)51-41/h1-28H. The van der Waals surface area contributed by atoms with Crippen LogP contribution < -0.4 is 0 Å². The molecular weight excluding hydrogens is 625 g/mol. The second kappa shape index (κ2) is 11.9. The molecule has 0 aliphatic rings. The first-order valence-electron chi connectivity index (χ1n) is 17.0. The molecule has 0 saturated heterocycles. The van der Waals surface area contributed by atoms with Crippen molar-refractivity contribution in [1.82, 2.24) is 19.9 Å². The van der Waals surface area contributed by atoms with E-state index in [0.29, 0.717) is 17.5 Å². The van der Waals surface area contributed by atoms with Crippen molar-refractivity contribution in [2.24, 2.45) is 0 Å². The van der Waals surface area contributed by atoms with Gasteiger partial charge in [-0.3, -0.25) is 4.98 Å². The summed E-state index contributed by atoms with van der Waals surface area (Å²) in [5, 5.41) is 5.43. The van der Waals surface area contributed by atoms with E-state index in [1.165, 1.54) is 21.9 Å². The Balaban J connectivity index is 1.20. The van der Waals surface area contributed by atoms with Crippen LogP contribution in [0.1, 0.15) is 0 Å². The number of nitrogens with zero attached hydrogens (tertiary/aromatic N) is 4. The lowest BCUT2D eigenvalue weighted by Crippen LogP contribution is -2.01. The van der Waals surface area contributed by atoms with Crippen LogP contribution in [0.15, 0.2) is 174 Å². The highest BCUT2D eigenvalue weighted by molar-refractivity contribution is 6.12. The number of benzene rings is 7. The van der Waals surface area contributed by atoms with Gasteiger partial charge in [0.1, 0.15) is 11.2 Å². The fourth-order valence-electron chi connectivity index (χ4n) is 7.23. The third-order valence-electron chi connectivity index (χ3n) is 9.58. The van der Waals surface area contributed by atoms with E-state index in [9.17, 15) is 0 Å². The number of hydrogen-bond donors (Lipinski definition) is 0. The fraction of sp³-hybridized carbons (Fsp3) is 0. The summed E-state index contributed by atoms with van der Waals surface area (Å²) >= 11 is 0. The molecule has 238 valence electrons. The first kappa shape index (κ1) is 29.0. The van der Waals surface area contributed by atoms with Crippen molar-refractivity contribution >= 4 is 43.6 Å². The average molecular weight is 653 g/mol. The lowest BCUT2D eigenvalue weighted by atomic mass is 9.91. The van der Waals surface area contributed by atoms with E-state index in [2.05, 4.69) is 103 Å². The van der Waals surface area contributed by atoms with Crippen molar-refractivity contribution in [3.8, 4) is 56.4 Å². The topological polar surface area (TPSA) is 64.7 Å². The van der Waals surface area contributed by atoms with E-state index in [1.54, 1.807) is 0 Å². The molecule has 0 aliphatic carbocycles. The summed E-state index contributed by atoms with van der Waals surface area (Å²) in [5.41, 5.74) is 9.67. The Bertz CT molecular complexity index is 2920. The highest BCUT2D eigenvalue weighted by atomic mass is 16.3. The summed E-state index contributed by atoms with van der Waals surface area (Å²) in [6.45, 7) is 0. The van der Waals surface area contributed by atoms with E-state index in [0.717, 1.165) is 60.7 Å². The van der Waals surface area contributed by atoms with Crippen LogP contribution in [0.25, 0.3) is 100 Å². The van der Waals surface area contributed by atoms with Gasteiger partial charge in [0.05, 0.1) is 5.52 Å². The monoisotopic (exact) mass is 652 g/mol. The van der Waals surface area contributed by atoms with Gasteiger partial charge >= 0.3 is 0 Å². The maximum absolute atomic E-state index is 6.24. The Morgan fingerprint density at radius 2 is 1.00 bits per heavy atom. The predicted molar refractivity (Wildman–Crippen MR) is 207 cm³/mol. The van der Waals surface area contributed by atoms with Crippen LogP contribution in [0.2, 0.25) is 0 Å². The first-order chi connectivity index (χ1) is 25.3. The van der Waals surface area contributed by atoms with Gasteiger partial charge in [0.25, 0.3) is 0 Å². The molecule has 0 aliphatic heterocycles. The number of aromatic nitrogens is 4. The summed E-state index contributed by atoms with van der Waals surface area (Å²) in [5.74, 6) is 1.73. The van der Waals surface area contributed by atoms with Crippen LogP contribution in [0.3, 0.4) is 0 Å². The summed E-state index contributed by atoms with van der Waals surface area (Å²) in [6, 6.07) is 56.3. The van der Waals surface area contributed by atoms with E-state index in [4.69, 9.17) is 24.4 Å². The molecule has 3 aromatic heterocycles. The van der Waals surface area contributed by atoms with Gasteiger partial charge in [-0.15, -0.1) is 0 Å². The Labute approximate surface area is 293 Å². The second-order valence-corrected chi connectivity index (χ2v) is 12.6. The van der Waals surface area contributed by atoms with E-state index in [-0.39, 0.29) is 0 Å². The molecule has 0 bridgehead atoms. The molecule has 10 aromatic rings. The Morgan fingerprint density at radius 3 is 1.84 bits per heavy atom. The maximum Gasteiger partial charge on any atom is 0.166 e. The molecule has 0 atom stereocenters. The molecule has 5 nitrogen and oxygen atoms in total. The van der Waals surface area contributed by atoms with Gasteiger partial charge in [-0.25, -0.2) is 15.0 Å². The lowest BCUT2D eigenvalue weighted by Gasteiger charge is -2.14. The van der Waals surface area contributed by atoms with Gasteiger partial charge in [0.15, 0.2) is 17.5 Å². The van der Waals surface area contributed by atoms with Crippen LogP contribution in [-0.4, -0.2) is 19.9 Å². The van der Waals surface area contributed by atoms with Gasteiger partial charge in [0.2, 0.25) is 0 Å². The van der Waals surface area contributed by atoms with Crippen molar-refractivity contribution < 1.29 is 4.42 Å². The van der Waals surface area contributed by atoms with Gasteiger partial charge < -0.3 is 4.42 Å². The molecule has 5 heteroatoms. The number of hydrogen-bond acceptors (Lipinski definition) is 5. The number of rotatable bonds is 5. The van der Waals surface area contributed by atoms with Gasteiger partial charge in [-0.1, -0.05) is 127 Å². The molecule has 10 rings (SSSR count). The molecule has 0 N–H and O–H groups in total. The van der Waals surface area contributed by atoms with Crippen LogP contribution in [0.5, 0.6) is 0 Å². The Morgan fingerprint density at radius 1 is 0.373 bits per heavy atom. The number of fused-ring (bicyclic) bond motifs is 5. The summed E-state index contributed by atoms with van der Waals surface area (Å²) in [7, 11) is 0. The molecule has 0 radical (unpaired) electrons. The quantitative estimate of drug-likeness (QED) is 0.185. The minimum absolute atomic E-state index is 0.558. The van der Waals surface area contributed by atoms with Crippen molar-refractivity contribution in [3.05, 3.63) is 170 Å². The molecule has 0 spiro atoms. The van der Waals surface area contributed by atoms with E-state index in [1.807, 2.05) is 66.9 Å². The van der Waals surface area contributed by atoms with Crippen LogP contribution in [0, 0.1) is 0 Å². The molecule has 7 aromatic carbocycles. The molecule has 0 saturated carbocycles. The summed E-state index contributed by atoms with van der Waals surface area (Å²) in [4.78, 5) is 20.3.